The van der Waals surface area contributed by atoms with Gasteiger partial charge in [-0.25, -0.2) is 4.79 Å². The zero-order chi connectivity index (χ0) is 17.6. The normalized spacial score (nSPS) is 32.4. The topological polar surface area (TPSA) is 44.8 Å². The Labute approximate surface area is 151 Å². The van der Waals surface area contributed by atoms with Gasteiger partial charge in [-0.2, -0.15) is 0 Å². The minimum absolute atomic E-state index is 0.231. The summed E-state index contributed by atoms with van der Waals surface area (Å²) in [7, 11) is 0. The maximum absolute atomic E-state index is 11.6. The van der Waals surface area contributed by atoms with E-state index >= 15 is 0 Å². The van der Waals surface area contributed by atoms with Crippen LogP contribution in [0.15, 0.2) is 84.5 Å². The van der Waals surface area contributed by atoms with Gasteiger partial charge in [0.15, 0.2) is 5.79 Å². The first-order valence-electron chi connectivity index (χ1n) is 8.79. The third-order valence-corrected chi connectivity index (χ3v) is 5.10. The minimum Gasteiger partial charge on any atom is -0.454 e. The van der Waals surface area contributed by atoms with Crippen molar-refractivity contribution in [1.29, 1.82) is 0 Å². The molecule has 3 unspecified atom stereocenters. The lowest BCUT2D eigenvalue weighted by molar-refractivity contribution is -0.166. The van der Waals surface area contributed by atoms with Crippen LogP contribution in [0.1, 0.15) is 29.8 Å². The van der Waals surface area contributed by atoms with Crippen molar-refractivity contribution in [3.63, 3.8) is 0 Å². The Kier molecular flexibility index (Phi) is 3.55. The summed E-state index contributed by atoms with van der Waals surface area (Å²) in [6.45, 7) is 0. The van der Waals surface area contributed by atoms with Crippen LogP contribution >= 0.6 is 0 Å². The van der Waals surface area contributed by atoms with Crippen LogP contribution in [0.2, 0.25) is 0 Å². The summed E-state index contributed by atoms with van der Waals surface area (Å²) in [5.41, 5.74) is 3.01. The van der Waals surface area contributed by atoms with E-state index in [1.54, 1.807) is 0 Å². The molecule has 5 rings (SSSR count). The molecule has 0 aromatic heterocycles. The Morgan fingerprint density at radius 1 is 0.846 bits per heavy atom. The second-order valence-corrected chi connectivity index (χ2v) is 6.82. The smallest absolute Gasteiger partial charge is 0.331 e. The SMILES string of the molecule is O=C1C=C2C=CC3(CC2O1)OC(c1ccccc1)C(c1ccccc1)O3. The molecule has 0 N–H and O–H groups in total. The van der Waals surface area contributed by atoms with E-state index < -0.39 is 5.79 Å². The van der Waals surface area contributed by atoms with E-state index in [0.717, 1.165) is 16.7 Å². The first kappa shape index (κ1) is 15.6. The van der Waals surface area contributed by atoms with Gasteiger partial charge in [-0.1, -0.05) is 66.7 Å². The maximum atomic E-state index is 11.6. The molecule has 0 bridgehead atoms. The molecular weight excluding hydrogens is 328 g/mol. The Balaban J connectivity index is 1.52. The average Bonchev–Trinajstić information content (AvgIpc) is 3.23. The number of ether oxygens (including phenoxy) is 3. The molecule has 2 heterocycles. The average molecular weight is 346 g/mol. The Morgan fingerprint density at radius 2 is 1.42 bits per heavy atom. The van der Waals surface area contributed by atoms with Gasteiger partial charge < -0.3 is 14.2 Å². The zero-order valence-corrected chi connectivity index (χ0v) is 14.1. The fourth-order valence-corrected chi connectivity index (χ4v) is 3.86. The molecule has 26 heavy (non-hydrogen) atoms. The van der Waals surface area contributed by atoms with E-state index in [1.165, 1.54) is 6.08 Å². The van der Waals surface area contributed by atoms with Gasteiger partial charge in [0.2, 0.25) is 0 Å². The second-order valence-electron chi connectivity index (χ2n) is 6.82. The number of carbonyl (C=O) groups excluding carboxylic acids is 1. The molecule has 4 nitrogen and oxygen atoms in total. The number of fused-ring (bicyclic) bond motifs is 1. The molecule has 3 atom stereocenters. The molecule has 0 saturated carbocycles. The first-order chi connectivity index (χ1) is 12.7. The van der Waals surface area contributed by atoms with Crippen LogP contribution in [0.25, 0.3) is 0 Å². The van der Waals surface area contributed by atoms with Crippen LogP contribution < -0.4 is 0 Å². The molecule has 130 valence electrons. The molecule has 2 aliphatic heterocycles. The maximum Gasteiger partial charge on any atom is 0.331 e. The highest BCUT2D eigenvalue weighted by molar-refractivity contribution is 5.86. The van der Waals surface area contributed by atoms with Crippen LogP contribution in [-0.2, 0) is 19.0 Å². The van der Waals surface area contributed by atoms with Crippen LogP contribution in [0.4, 0.5) is 0 Å². The summed E-state index contributed by atoms with van der Waals surface area (Å²) in [6.07, 6.45) is 5.03. The molecule has 2 aromatic rings. The standard InChI is InChI=1S/C22H18O4/c23-19-13-17-11-12-22(14-18(17)24-19)25-20(15-7-3-1-4-8-15)21(26-22)16-9-5-2-6-10-16/h1-13,18,20-21H,14H2. The summed E-state index contributed by atoms with van der Waals surface area (Å²) in [4.78, 5) is 11.6. The van der Waals surface area contributed by atoms with Crippen LogP contribution in [-0.4, -0.2) is 17.9 Å². The molecule has 1 fully saturated rings. The molecule has 0 amide bonds. The quantitative estimate of drug-likeness (QED) is 0.771. The van der Waals surface area contributed by atoms with Crippen molar-refractivity contribution in [3.05, 3.63) is 95.6 Å². The number of hydrogen-bond acceptors (Lipinski definition) is 4. The molecule has 3 aliphatic rings. The predicted molar refractivity (Wildman–Crippen MR) is 95.0 cm³/mol. The second kappa shape index (κ2) is 5.94. The van der Waals surface area contributed by atoms with Crippen molar-refractivity contribution in [2.24, 2.45) is 0 Å². The number of rotatable bonds is 2. The van der Waals surface area contributed by atoms with Crippen molar-refractivity contribution in [2.45, 2.75) is 30.5 Å². The van der Waals surface area contributed by atoms with Crippen molar-refractivity contribution < 1.29 is 19.0 Å². The lowest BCUT2D eigenvalue weighted by Crippen LogP contribution is -2.36. The van der Waals surface area contributed by atoms with E-state index in [-0.39, 0.29) is 24.3 Å². The highest BCUT2D eigenvalue weighted by Crippen LogP contribution is 2.51. The van der Waals surface area contributed by atoms with Gasteiger partial charge in [0, 0.05) is 12.5 Å². The third kappa shape index (κ3) is 2.59. The number of carbonyl (C=O) groups is 1. The summed E-state index contributed by atoms with van der Waals surface area (Å²) in [5, 5.41) is 0. The van der Waals surface area contributed by atoms with E-state index in [4.69, 9.17) is 14.2 Å². The molecule has 1 saturated heterocycles. The Hall–Kier alpha value is -2.69. The monoisotopic (exact) mass is 346 g/mol. The first-order valence-corrected chi connectivity index (χ1v) is 8.79. The fraction of sp³-hybridized carbons (Fsp3) is 0.227. The number of hydrogen-bond donors (Lipinski definition) is 0. The molecule has 0 radical (unpaired) electrons. The van der Waals surface area contributed by atoms with Crippen molar-refractivity contribution >= 4 is 5.97 Å². The van der Waals surface area contributed by atoms with E-state index in [1.807, 2.05) is 48.6 Å². The molecule has 1 spiro atoms. The molecule has 4 heteroatoms. The lowest BCUT2D eigenvalue weighted by Gasteiger charge is -2.31. The van der Waals surface area contributed by atoms with E-state index in [9.17, 15) is 4.79 Å². The Bertz CT molecular complexity index is 837. The summed E-state index contributed by atoms with van der Waals surface area (Å²) in [6, 6.07) is 20.2. The Morgan fingerprint density at radius 3 is 2.00 bits per heavy atom. The molecule has 1 aliphatic carbocycles. The van der Waals surface area contributed by atoms with E-state index in [2.05, 4.69) is 24.3 Å². The van der Waals surface area contributed by atoms with E-state index in [0.29, 0.717) is 6.42 Å². The van der Waals surface area contributed by atoms with Crippen molar-refractivity contribution in [3.8, 4) is 0 Å². The zero-order valence-electron chi connectivity index (χ0n) is 14.1. The summed E-state index contributed by atoms with van der Waals surface area (Å²) >= 11 is 0. The largest absolute Gasteiger partial charge is 0.454 e. The van der Waals surface area contributed by atoms with Gasteiger partial charge >= 0.3 is 5.97 Å². The van der Waals surface area contributed by atoms with Gasteiger partial charge in [-0.05, 0) is 22.8 Å². The number of benzene rings is 2. The van der Waals surface area contributed by atoms with Gasteiger partial charge in [0.25, 0.3) is 0 Å². The van der Waals surface area contributed by atoms with Gasteiger partial charge in [0.1, 0.15) is 18.3 Å². The van der Waals surface area contributed by atoms with Crippen molar-refractivity contribution in [1.82, 2.24) is 0 Å². The van der Waals surface area contributed by atoms with Gasteiger partial charge in [0.05, 0.1) is 0 Å². The molecule has 2 aromatic carbocycles. The third-order valence-electron chi connectivity index (χ3n) is 5.10. The van der Waals surface area contributed by atoms with Crippen LogP contribution in [0, 0.1) is 0 Å². The number of esters is 1. The minimum atomic E-state index is -0.895. The summed E-state index contributed by atoms with van der Waals surface area (Å²) in [5.74, 6) is -1.20. The highest BCUT2D eigenvalue weighted by atomic mass is 16.8. The van der Waals surface area contributed by atoms with Gasteiger partial charge in [-0.3, -0.25) is 0 Å². The highest BCUT2D eigenvalue weighted by Gasteiger charge is 2.51. The molecular formula is C22H18O4. The lowest BCUT2D eigenvalue weighted by atomic mass is 9.95. The van der Waals surface area contributed by atoms with Crippen LogP contribution in [0.5, 0.6) is 0 Å². The summed E-state index contributed by atoms with van der Waals surface area (Å²) < 4.78 is 18.3. The fourth-order valence-electron chi connectivity index (χ4n) is 3.86. The van der Waals surface area contributed by atoms with Gasteiger partial charge in [-0.15, -0.1) is 0 Å². The predicted octanol–water partition coefficient (Wildman–Crippen LogP) is 4.02. The van der Waals surface area contributed by atoms with Crippen LogP contribution in [0.3, 0.4) is 0 Å². The van der Waals surface area contributed by atoms with Crippen molar-refractivity contribution in [2.75, 3.05) is 0 Å².